The second kappa shape index (κ2) is 10.4. The Morgan fingerprint density at radius 3 is 1.84 bits per heavy atom. The molecule has 0 saturated heterocycles. The van der Waals surface area contributed by atoms with Crippen molar-refractivity contribution >= 4 is 49.0 Å². The zero-order valence-corrected chi connectivity index (χ0v) is 22.4. The topological polar surface area (TPSA) is 81.0 Å². The average Bonchev–Trinajstić information content (AvgIpc) is 3.25. The molecule has 5 aromatic rings. The fourth-order valence-electron chi connectivity index (χ4n) is 4.79. The molecule has 0 spiro atoms. The highest BCUT2D eigenvalue weighted by atomic mass is 32.2. The van der Waals surface area contributed by atoms with E-state index in [0.717, 1.165) is 50.4 Å². The van der Waals surface area contributed by atoms with Gasteiger partial charge in [-0.2, -0.15) is 8.42 Å². The van der Waals surface area contributed by atoms with E-state index >= 15 is 0 Å². The highest BCUT2D eigenvalue weighted by Crippen LogP contribution is 2.39. The molecule has 0 radical (unpaired) electrons. The van der Waals surface area contributed by atoms with Crippen LogP contribution in [0.4, 0.5) is 17.1 Å². The molecule has 0 fully saturated rings. The number of ether oxygens (including phenoxy) is 2. The molecule has 0 aliphatic heterocycles. The number of rotatable bonds is 9. The van der Waals surface area contributed by atoms with Crippen molar-refractivity contribution in [2.75, 3.05) is 19.1 Å². The molecule has 7 nitrogen and oxygen atoms in total. The summed E-state index contributed by atoms with van der Waals surface area (Å²) < 4.78 is 45.8. The molecule has 1 atom stereocenters. The minimum absolute atomic E-state index is 0.289. The summed E-state index contributed by atoms with van der Waals surface area (Å²) in [5.41, 5.74) is 4.86. The average molecular weight is 531 g/mol. The number of fused-ring (bicyclic) bond motifs is 3. The van der Waals surface area contributed by atoms with Crippen molar-refractivity contribution in [2.45, 2.75) is 25.1 Å². The number of anilines is 3. The monoisotopic (exact) mass is 530 g/mol. The Hall–Kier alpha value is -4.01. The summed E-state index contributed by atoms with van der Waals surface area (Å²) in [7, 11) is -0.820. The maximum atomic E-state index is 11.7. The van der Waals surface area contributed by atoms with Crippen LogP contribution in [0, 0.1) is 0 Å². The number of benzene rings is 4. The minimum atomic E-state index is -4.11. The van der Waals surface area contributed by atoms with Crippen LogP contribution in [0.25, 0.3) is 21.8 Å². The minimum Gasteiger partial charge on any atom is -0.497 e. The first-order chi connectivity index (χ1) is 18.3. The third kappa shape index (κ3) is 4.92. The van der Waals surface area contributed by atoms with E-state index in [2.05, 4.69) is 33.7 Å². The maximum Gasteiger partial charge on any atom is 0.267 e. The summed E-state index contributed by atoms with van der Waals surface area (Å²) in [4.78, 5) is 2.15. The van der Waals surface area contributed by atoms with Crippen LogP contribution in [0.5, 0.6) is 11.5 Å². The Morgan fingerprint density at radius 2 is 1.29 bits per heavy atom. The highest BCUT2D eigenvalue weighted by molar-refractivity contribution is 7.86. The van der Waals surface area contributed by atoms with Crippen molar-refractivity contribution in [1.29, 1.82) is 0 Å². The van der Waals surface area contributed by atoms with Gasteiger partial charge in [0.15, 0.2) is 0 Å². The molecule has 0 bridgehead atoms. The van der Waals surface area contributed by atoms with Gasteiger partial charge in [0.2, 0.25) is 0 Å². The van der Waals surface area contributed by atoms with Crippen molar-refractivity contribution in [1.82, 2.24) is 4.57 Å². The molecule has 0 saturated carbocycles. The summed E-state index contributed by atoms with van der Waals surface area (Å²) >= 11 is 0. The number of methoxy groups -OCH3 is 2. The molecule has 1 aromatic heterocycles. The number of aromatic nitrogens is 1. The van der Waals surface area contributed by atoms with Gasteiger partial charge in [0.1, 0.15) is 11.5 Å². The molecule has 0 aliphatic rings. The van der Waals surface area contributed by atoms with E-state index in [0.29, 0.717) is 6.54 Å². The van der Waals surface area contributed by atoms with E-state index in [1.54, 1.807) is 14.2 Å². The quantitative estimate of drug-likeness (QED) is 0.208. The van der Waals surface area contributed by atoms with Gasteiger partial charge in [0.05, 0.1) is 25.0 Å². The van der Waals surface area contributed by atoms with E-state index in [1.165, 1.54) is 6.92 Å². The molecule has 0 aliphatic carbocycles. The number of nitrogens with zero attached hydrogens (tertiary/aromatic N) is 2. The van der Waals surface area contributed by atoms with Crippen LogP contribution in [0.1, 0.15) is 13.3 Å². The van der Waals surface area contributed by atoms with Crippen LogP contribution in [-0.4, -0.2) is 37.0 Å². The number of hydrogen-bond acceptors (Lipinski definition) is 5. The first-order valence-corrected chi connectivity index (χ1v) is 13.9. The van der Waals surface area contributed by atoms with Crippen molar-refractivity contribution < 1.29 is 22.4 Å². The molecule has 4 aromatic carbocycles. The van der Waals surface area contributed by atoms with E-state index in [4.69, 9.17) is 9.47 Å². The lowest BCUT2D eigenvalue weighted by molar-refractivity contribution is 0.415. The fourth-order valence-corrected chi connectivity index (χ4v) is 5.19. The van der Waals surface area contributed by atoms with E-state index in [1.807, 2.05) is 66.7 Å². The predicted molar refractivity (Wildman–Crippen MR) is 153 cm³/mol. The van der Waals surface area contributed by atoms with E-state index < -0.39 is 15.4 Å². The van der Waals surface area contributed by atoms with Gasteiger partial charge in [-0.25, -0.2) is 0 Å². The fraction of sp³-hybridized carbons (Fsp3) is 0.200. The Kier molecular flexibility index (Phi) is 7.01. The van der Waals surface area contributed by atoms with Crippen molar-refractivity contribution in [3.8, 4) is 11.5 Å². The van der Waals surface area contributed by atoms with Crippen LogP contribution in [0.3, 0.4) is 0 Å². The molecule has 1 unspecified atom stereocenters. The first kappa shape index (κ1) is 25.6. The summed E-state index contributed by atoms with van der Waals surface area (Å²) in [5.74, 6) is 1.54. The van der Waals surface area contributed by atoms with Gasteiger partial charge in [-0.15, -0.1) is 0 Å². The summed E-state index contributed by atoms with van der Waals surface area (Å²) in [6, 6.07) is 30.2. The van der Waals surface area contributed by atoms with Gasteiger partial charge in [0.25, 0.3) is 10.1 Å². The maximum absolute atomic E-state index is 11.7. The Labute approximate surface area is 222 Å². The SMILES string of the molecule is COc1ccc(N(c2ccc(OC)cc2)c2ccc3c4ccccc4n(CCC(C)S(=O)(=O)O)c3c2)cc1. The molecule has 8 heteroatoms. The zero-order chi connectivity index (χ0) is 26.9. The molecule has 5 rings (SSSR count). The van der Waals surface area contributed by atoms with Crippen LogP contribution in [0.15, 0.2) is 91.0 Å². The van der Waals surface area contributed by atoms with Gasteiger partial charge in [-0.1, -0.05) is 24.3 Å². The summed E-state index contributed by atoms with van der Waals surface area (Å²) in [5, 5.41) is 1.30. The summed E-state index contributed by atoms with van der Waals surface area (Å²) in [6.07, 6.45) is 0.289. The van der Waals surface area contributed by atoms with Gasteiger partial charge in [0, 0.05) is 39.9 Å². The number of hydrogen-bond donors (Lipinski definition) is 1. The van der Waals surface area contributed by atoms with Crippen molar-refractivity contribution in [2.24, 2.45) is 0 Å². The smallest absolute Gasteiger partial charge is 0.267 e. The van der Waals surface area contributed by atoms with Gasteiger partial charge < -0.3 is 18.9 Å². The third-order valence-corrected chi connectivity index (χ3v) is 8.20. The van der Waals surface area contributed by atoms with Gasteiger partial charge >= 0.3 is 0 Å². The van der Waals surface area contributed by atoms with Crippen LogP contribution < -0.4 is 14.4 Å². The molecule has 1 N–H and O–H groups in total. The largest absolute Gasteiger partial charge is 0.497 e. The molecule has 196 valence electrons. The lowest BCUT2D eigenvalue weighted by Gasteiger charge is -2.26. The van der Waals surface area contributed by atoms with Crippen molar-refractivity contribution in [3.05, 3.63) is 91.0 Å². The molecular formula is C30H30N2O5S. The van der Waals surface area contributed by atoms with Crippen molar-refractivity contribution in [3.63, 3.8) is 0 Å². The second-order valence-corrected chi connectivity index (χ2v) is 11.1. The van der Waals surface area contributed by atoms with Crippen LogP contribution in [0.2, 0.25) is 0 Å². The third-order valence-electron chi connectivity index (χ3n) is 6.94. The molecule has 1 heterocycles. The first-order valence-electron chi connectivity index (χ1n) is 12.4. The lowest BCUT2D eigenvalue weighted by atomic mass is 10.1. The Balaban J connectivity index is 1.67. The Morgan fingerprint density at radius 1 is 0.763 bits per heavy atom. The van der Waals surface area contributed by atoms with Gasteiger partial charge in [-0.05, 0) is 80.1 Å². The van der Waals surface area contributed by atoms with E-state index in [-0.39, 0.29) is 6.42 Å². The van der Waals surface area contributed by atoms with Gasteiger partial charge in [-0.3, -0.25) is 4.55 Å². The van der Waals surface area contributed by atoms with Crippen LogP contribution >= 0.6 is 0 Å². The van der Waals surface area contributed by atoms with Crippen LogP contribution in [-0.2, 0) is 16.7 Å². The molecule has 0 amide bonds. The predicted octanol–water partition coefficient (Wildman–Crippen LogP) is 6.95. The normalized spacial score (nSPS) is 12.5. The standard InChI is InChI=1S/C30H30N2O5S/c1-21(38(33,34)35)18-19-31-29-7-5-4-6-27(29)28-17-12-24(20-30(28)31)32(22-8-13-25(36-2)14-9-22)23-10-15-26(37-3)16-11-23/h4-17,20-21H,18-19H2,1-3H3,(H,33,34,35). The molecular weight excluding hydrogens is 500 g/mol. The lowest BCUT2D eigenvalue weighted by Crippen LogP contribution is -2.18. The van der Waals surface area contributed by atoms with E-state index in [9.17, 15) is 13.0 Å². The number of aryl methyl sites for hydroxylation is 1. The number of para-hydroxylation sites is 1. The summed E-state index contributed by atoms with van der Waals surface area (Å²) in [6.45, 7) is 1.98. The second-order valence-electron chi connectivity index (χ2n) is 9.22. The molecule has 38 heavy (non-hydrogen) atoms. The Bertz CT molecular complexity index is 1630. The highest BCUT2D eigenvalue weighted by Gasteiger charge is 2.20. The zero-order valence-electron chi connectivity index (χ0n) is 21.5.